The summed E-state index contributed by atoms with van der Waals surface area (Å²) in [4.78, 5) is 33.8. The van der Waals surface area contributed by atoms with Gasteiger partial charge in [-0.2, -0.15) is 0 Å². The summed E-state index contributed by atoms with van der Waals surface area (Å²) in [7, 11) is 1.52. The van der Waals surface area contributed by atoms with Crippen LogP contribution in [0.15, 0.2) is 60.8 Å². The number of ether oxygens (including phenoxy) is 1. The predicted octanol–water partition coefficient (Wildman–Crippen LogP) is 2.69. The van der Waals surface area contributed by atoms with Gasteiger partial charge in [0.25, 0.3) is 0 Å². The minimum Gasteiger partial charge on any atom is -0.481 e. The zero-order valence-corrected chi connectivity index (χ0v) is 13.1. The van der Waals surface area contributed by atoms with E-state index in [2.05, 4.69) is 4.98 Å². The van der Waals surface area contributed by atoms with E-state index in [1.54, 1.807) is 42.5 Å². The number of benzene rings is 1. The van der Waals surface area contributed by atoms with Crippen LogP contribution >= 0.6 is 0 Å². The first-order chi connectivity index (χ1) is 11.7. The fourth-order valence-corrected chi connectivity index (χ4v) is 2.39. The van der Waals surface area contributed by atoms with Gasteiger partial charge in [-0.3, -0.25) is 4.79 Å². The quantitative estimate of drug-likeness (QED) is 0.861. The zero-order valence-electron chi connectivity index (χ0n) is 13.1. The molecule has 0 saturated carbocycles. The van der Waals surface area contributed by atoms with E-state index in [9.17, 15) is 9.59 Å². The maximum atomic E-state index is 12.3. The minimum atomic E-state index is -0.498. The fourth-order valence-electron chi connectivity index (χ4n) is 2.39. The lowest BCUT2D eigenvalue weighted by atomic mass is 10.0. The molecule has 0 saturated heterocycles. The van der Waals surface area contributed by atoms with E-state index >= 15 is 0 Å². The molecule has 0 aliphatic carbocycles. The normalized spacial score (nSPS) is 16.8. The van der Waals surface area contributed by atoms with Crippen molar-refractivity contribution >= 4 is 11.8 Å². The van der Waals surface area contributed by atoms with Crippen molar-refractivity contribution in [1.29, 1.82) is 0 Å². The van der Waals surface area contributed by atoms with E-state index in [0.29, 0.717) is 17.1 Å². The topological polar surface area (TPSA) is 68.7 Å². The maximum Gasteiger partial charge on any atom is 0.363 e. The average molecular weight is 324 g/mol. The third-order valence-corrected chi connectivity index (χ3v) is 3.60. The Kier molecular flexibility index (Phi) is 4.56. The molecule has 6 heteroatoms. The van der Waals surface area contributed by atoms with Crippen molar-refractivity contribution in [3.05, 3.63) is 72.1 Å². The van der Waals surface area contributed by atoms with Crippen molar-refractivity contribution in [1.82, 2.24) is 10.0 Å². The Hall–Kier alpha value is -3.15. The highest BCUT2D eigenvalue weighted by atomic mass is 16.7. The second-order valence-electron chi connectivity index (χ2n) is 5.21. The second-order valence-corrected chi connectivity index (χ2v) is 5.21. The molecule has 0 fully saturated rings. The van der Waals surface area contributed by atoms with Crippen molar-refractivity contribution in [2.75, 3.05) is 7.11 Å². The van der Waals surface area contributed by atoms with Crippen LogP contribution in [0.25, 0.3) is 0 Å². The Balaban J connectivity index is 1.85. The zero-order chi connectivity index (χ0) is 16.9. The third kappa shape index (κ3) is 3.43. The van der Waals surface area contributed by atoms with Crippen LogP contribution in [0, 0.1) is 0 Å². The predicted molar refractivity (Wildman–Crippen MR) is 86.0 cm³/mol. The van der Waals surface area contributed by atoms with E-state index in [4.69, 9.17) is 9.57 Å². The smallest absolute Gasteiger partial charge is 0.363 e. The summed E-state index contributed by atoms with van der Waals surface area (Å²) in [5.74, 6) is -0.122. The summed E-state index contributed by atoms with van der Waals surface area (Å²) in [6, 6.07) is 13.4. The highest BCUT2D eigenvalue weighted by Crippen LogP contribution is 2.29. The molecule has 0 amide bonds. The number of hydrogen-bond acceptors (Lipinski definition) is 6. The van der Waals surface area contributed by atoms with Gasteiger partial charge < -0.3 is 9.57 Å². The summed E-state index contributed by atoms with van der Waals surface area (Å²) in [5, 5.41) is 1.36. The van der Waals surface area contributed by atoms with Crippen molar-refractivity contribution < 1.29 is 19.2 Å². The largest absolute Gasteiger partial charge is 0.481 e. The maximum absolute atomic E-state index is 12.3. The number of carbonyl (C=O) groups excluding carboxylic acids is 2. The van der Waals surface area contributed by atoms with Crippen LogP contribution in [0.3, 0.4) is 0 Å². The fraction of sp³-hybridized carbons (Fsp3) is 0.167. The molecule has 0 radical (unpaired) electrons. The number of pyridine rings is 1. The Morgan fingerprint density at radius 3 is 2.71 bits per heavy atom. The SMILES string of the molecule is COc1cccc(C2CC(=O)C=CN2OC(=O)c2ccccc2)n1. The highest BCUT2D eigenvalue weighted by molar-refractivity contribution is 5.91. The molecule has 0 spiro atoms. The number of allylic oxidation sites excluding steroid dienone is 1. The summed E-state index contributed by atoms with van der Waals surface area (Å²) >= 11 is 0. The molecule has 1 unspecified atom stereocenters. The van der Waals surface area contributed by atoms with E-state index in [1.807, 2.05) is 6.07 Å². The Bertz CT molecular complexity index is 774. The van der Waals surface area contributed by atoms with Crippen LogP contribution in [0.1, 0.15) is 28.5 Å². The monoisotopic (exact) mass is 324 g/mol. The molecule has 3 rings (SSSR count). The molecule has 0 N–H and O–H groups in total. The van der Waals surface area contributed by atoms with Crippen LogP contribution < -0.4 is 4.74 Å². The van der Waals surface area contributed by atoms with Crippen molar-refractivity contribution in [3.63, 3.8) is 0 Å². The number of rotatable bonds is 4. The van der Waals surface area contributed by atoms with Gasteiger partial charge in [0, 0.05) is 24.8 Å². The molecule has 24 heavy (non-hydrogen) atoms. The molecule has 1 aromatic heterocycles. The van der Waals surface area contributed by atoms with Crippen LogP contribution in [0.2, 0.25) is 0 Å². The van der Waals surface area contributed by atoms with Gasteiger partial charge in [0.15, 0.2) is 5.78 Å². The first-order valence-corrected chi connectivity index (χ1v) is 7.45. The minimum absolute atomic E-state index is 0.0587. The molecule has 1 aliphatic heterocycles. The first kappa shape index (κ1) is 15.7. The lowest BCUT2D eigenvalue weighted by Gasteiger charge is -2.30. The van der Waals surface area contributed by atoms with Gasteiger partial charge in [-0.15, -0.1) is 0 Å². The number of aromatic nitrogens is 1. The number of ketones is 1. The Labute approximate surface area is 139 Å². The molecule has 6 nitrogen and oxygen atoms in total. The van der Waals surface area contributed by atoms with Crippen LogP contribution in [-0.2, 0) is 9.63 Å². The number of nitrogens with zero attached hydrogens (tertiary/aromatic N) is 2. The van der Waals surface area contributed by atoms with Crippen LogP contribution in [-0.4, -0.2) is 28.9 Å². The molecule has 1 aromatic carbocycles. The molecular weight excluding hydrogens is 308 g/mol. The van der Waals surface area contributed by atoms with Crippen molar-refractivity contribution in [2.24, 2.45) is 0 Å². The average Bonchev–Trinajstić information content (AvgIpc) is 2.64. The van der Waals surface area contributed by atoms with E-state index in [0.717, 1.165) is 0 Å². The molecule has 0 bridgehead atoms. The summed E-state index contributed by atoms with van der Waals surface area (Å²) in [6.07, 6.45) is 3.01. The van der Waals surface area contributed by atoms with Gasteiger partial charge in [0.1, 0.15) is 6.04 Å². The van der Waals surface area contributed by atoms with E-state index < -0.39 is 12.0 Å². The molecule has 1 aliphatic rings. The molecule has 2 heterocycles. The summed E-state index contributed by atoms with van der Waals surface area (Å²) in [5.41, 5.74) is 1.02. The summed E-state index contributed by atoms with van der Waals surface area (Å²) in [6.45, 7) is 0. The van der Waals surface area contributed by atoms with E-state index in [-0.39, 0.29) is 12.2 Å². The molecule has 1 atom stereocenters. The Morgan fingerprint density at radius 1 is 1.17 bits per heavy atom. The van der Waals surface area contributed by atoms with Gasteiger partial charge in [-0.1, -0.05) is 24.3 Å². The van der Waals surface area contributed by atoms with Gasteiger partial charge in [0.05, 0.1) is 18.4 Å². The number of hydrogen-bond donors (Lipinski definition) is 0. The molecular formula is C18H16N2O4. The van der Waals surface area contributed by atoms with E-state index in [1.165, 1.54) is 24.4 Å². The highest BCUT2D eigenvalue weighted by Gasteiger charge is 2.29. The first-order valence-electron chi connectivity index (χ1n) is 7.45. The van der Waals surface area contributed by atoms with Crippen molar-refractivity contribution in [3.8, 4) is 5.88 Å². The standard InChI is InChI=1S/C18H16N2O4/c1-23-17-9-5-8-15(19-17)16-12-14(21)10-11-20(16)24-18(22)13-6-3-2-4-7-13/h2-11,16H,12H2,1H3. The van der Waals surface area contributed by atoms with Gasteiger partial charge in [0.2, 0.25) is 5.88 Å². The number of carbonyl (C=O) groups is 2. The van der Waals surface area contributed by atoms with Gasteiger partial charge >= 0.3 is 5.97 Å². The number of methoxy groups -OCH3 is 1. The van der Waals surface area contributed by atoms with Gasteiger partial charge in [-0.05, 0) is 18.2 Å². The lowest BCUT2D eigenvalue weighted by molar-refractivity contribution is -0.131. The van der Waals surface area contributed by atoms with Gasteiger partial charge in [-0.25, -0.2) is 14.8 Å². The van der Waals surface area contributed by atoms with Crippen LogP contribution in [0.5, 0.6) is 5.88 Å². The third-order valence-electron chi connectivity index (χ3n) is 3.60. The summed E-state index contributed by atoms with van der Waals surface area (Å²) < 4.78 is 5.12. The second kappa shape index (κ2) is 6.95. The van der Waals surface area contributed by atoms with Crippen LogP contribution in [0.4, 0.5) is 0 Å². The Morgan fingerprint density at radius 2 is 1.96 bits per heavy atom. The number of hydroxylamine groups is 2. The molecule has 2 aromatic rings. The lowest BCUT2D eigenvalue weighted by Crippen LogP contribution is -2.32. The van der Waals surface area contributed by atoms with Crippen molar-refractivity contribution in [2.45, 2.75) is 12.5 Å². The molecule has 122 valence electrons.